The minimum atomic E-state index is -0.717. The molecule has 0 fully saturated rings. The lowest BCUT2D eigenvalue weighted by Crippen LogP contribution is -1.93. The second-order valence-electron chi connectivity index (χ2n) is 2.90. The summed E-state index contributed by atoms with van der Waals surface area (Å²) in [5.41, 5.74) is 6.15. The molecule has 0 aliphatic rings. The maximum Gasteiger partial charge on any atom is 0.173 e. The van der Waals surface area contributed by atoms with Crippen LogP contribution in [0.15, 0.2) is 12.1 Å². The summed E-state index contributed by atoms with van der Waals surface area (Å²) in [5.74, 6) is -1.23. The molecule has 1 aromatic rings. The van der Waals surface area contributed by atoms with Crippen molar-refractivity contribution in [2.24, 2.45) is 5.73 Å². The summed E-state index contributed by atoms with van der Waals surface area (Å²) in [6, 6.07) is 1.56. The van der Waals surface area contributed by atoms with Gasteiger partial charge in [0, 0.05) is 12.1 Å². The maximum atomic E-state index is 13.3. The first-order valence-corrected chi connectivity index (χ1v) is 4.50. The predicted molar refractivity (Wildman–Crippen MR) is 55.9 cm³/mol. The molecule has 0 aliphatic carbocycles. The zero-order valence-corrected chi connectivity index (χ0v) is 8.48. The average molecular weight is 216 g/mol. The van der Waals surface area contributed by atoms with E-state index in [1.54, 1.807) is 19.1 Å². The van der Waals surface area contributed by atoms with Crippen LogP contribution >= 0.6 is 11.6 Å². The molecule has 0 aromatic heterocycles. The monoisotopic (exact) mass is 215 g/mol. The van der Waals surface area contributed by atoms with E-state index in [0.29, 0.717) is 12.1 Å². The van der Waals surface area contributed by atoms with Gasteiger partial charge >= 0.3 is 0 Å². The Morgan fingerprint density at radius 2 is 2.29 bits per heavy atom. The van der Waals surface area contributed by atoms with Crippen LogP contribution in [0.25, 0.3) is 6.08 Å². The molecular weight excluding hydrogens is 205 g/mol. The molecule has 14 heavy (non-hydrogen) atoms. The van der Waals surface area contributed by atoms with E-state index in [4.69, 9.17) is 17.3 Å². The van der Waals surface area contributed by atoms with Gasteiger partial charge in [0.05, 0.1) is 5.02 Å². The fourth-order valence-corrected chi connectivity index (χ4v) is 1.23. The molecule has 76 valence electrons. The predicted octanol–water partition coefficient (Wildman–Crippen LogP) is 2.47. The quantitative estimate of drug-likeness (QED) is 0.796. The van der Waals surface area contributed by atoms with E-state index >= 15 is 0 Å². The van der Waals surface area contributed by atoms with Crippen molar-refractivity contribution in [1.29, 1.82) is 0 Å². The Balaban J connectivity index is 3.26. The van der Waals surface area contributed by atoms with E-state index in [-0.39, 0.29) is 10.6 Å². The summed E-state index contributed by atoms with van der Waals surface area (Å²) in [6.07, 6.45) is 3.11. The molecule has 3 N–H and O–H groups in total. The van der Waals surface area contributed by atoms with Gasteiger partial charge in [0.1, 0.15) is 0 Å². The van der Waals surface area contributed by atoms with Crippen molar-refractivity contribution in [3.63, 3.8) is 0 Å². The Morgan fingerprint density at radius 3 is 2.86 bits per heavy atom. The molecule has 0 radical (unpaired) electrons. The van der Waals surface area contributed by atoms with Crippen LogP contribution in [-0.2, 0) is 0 Å². The highest BCUT2D eigenvalue weighted by Gasteiger charge is 2.12. The Morgan fingerprint density at radius 1 is 1.64 bits per heavy atom. The fraction of sp³-hybridized carbons (Fsp3) is 0.200. The topological polar surface area (TPSA) is 46.2 Å². The van der Waals surface area contributed by atoms with Crippen molar-refractivity contribution < 1.29 is 9.50 Å². The molecule has 2 nitrogen and oxygen atoms in total. The Kier molecular flexibility index (Phi) is 3.49. The largest absolute Gasteiger partial charge is 0.504 e. The molecule has 1 aromatic carbocycles. The van der Waals surface area contributed by atoms with Gasteiger partial charge in [-0.3, -0.25) is 0 Å². The number of benzene rings is 1. The molecule has 0 atom stereocenters. The van der Waals surface area contributed by atoms with Gasteiger partial charge in [-0.25, -0.2) is 4.39 Å². The number of rotatable bonds is 2. The number of hydrogen-bond donors (Lipinski definition) is 2. The SMILES string of the molecule is Cc1cc(/C=C/CN)c(F)c(O)c1Cl. The molecule has 0 unspecified atom stereocenters. The number of halogens is 2. The minimum absolute atomic E-state index is 0.0485. The van der Waals surface area contributed by atoms with Crippen molar-refractivity contribution in [3.8, 4) is 5.75 Å². The van der Waals surface area contributed by atoms with Crippen molar-refractivity contribution in [2.45, 2.75) is 6.92 Å². The van der Waals surface area contributed by atoms with Crippen LogP contribution < -0.4 is 5.73 Å². The summed E-state index contributed by atoms with van der Waals surface area (Å²) >= 11 is 5.65. The first-order valence-electron chi connectivity index (χ1n) is 4.12. The van der Waals surface area contributed by atoms with Crippen LogP contribution in [0.2, 0.25) is 5.02 Å². The van der Waals surface area contributed by atoms with Crippen molar-refractivity contribution >= 4 is 17.7 Å². The van der Waals surface area contributed by atoms with E-state index in [9.17, 15) is 9.50 Å². The van der Waals surface area contributed by atoms with E-state index in [1.807, 2.05) is 0 Å². The number of phenols is 1. The van der Waals surface area contributed by atoms with Crippen LogP contribution in [0.4, 0.5) is 4.39 Å². The molecule has 4 heteroatoms. The molecule has 0 heterocycles. The standard InChI is InChI=1S/C10H11ClFNO/c1-6-5-7(3-2-4-13)9(12)10(14)8(6)11/h2-3,5,14H,4,13H2,1H3/b3-2+. The van der Waals surface area contributed by atoms with Crippen LogP contribution in [0.5, 0.6) is 5.75 Å². The summed E-state index contributed by atoms with van der Waals surface area (Å²) in [7, 11) is 0. The second kappa shape index (κ2) is 4.44. The van der Waals surface area contributed by atoms with E-state index < -0.39 is 11.6 Å². The van der Waals surface area contributed by atoms with Crippen molar-refractivity contribution in [3.05, 3.63) is 34.1 Å². The van der Waals surface area contributed by atoms with Crippen LogP contribution in [0.3, 0.4) is 0 Å². The third-order valence-corrected chi connectivity index (χ3v) is 2.30. The van der Waals surface area contributed by atoms with Gasteiger partial charge in [-0.05, 0) is 18.6 Å². The Hall–Kier alpha value is -1.06. The van der Waals surface area contributed by atoms with E-state index in [2.05, 4.69) is 0 Å². The molecule has 0 aliphatic heterocycles. The summed E-state index contributed by atoms with van der Waals surface area (Å²) in [4.78, 5) is 0. The molecule has 0 amide bonds. The average Bonchev–Trinajstić information content (AvgIpc) is 2.18. The first-order chi connectivity index (χ1) is 6.57. The summed E-state index contributed by atoms with van der Waals surface area (Å²) in [6.45, 7) is 2.02. The van der Waals surface area contributed by atoms with Gasteiger partial charge in [0.2, 0.25) is 0 Å². The van der Waals surface area contributed by atoms with E-state index in [0.717, 1.165) is 0 Å². The zero-order chi connectivity index (χ0) is 10.7. The second-order valence-corrected chi connectivity index (χ2v) is 3.28. The molecular formula is C10H11ClFNO. The number of phenolic OH excluding ortho intramolecular Hbond substituents is 1. The molecule has 0 saturated heterocycles. The number of aromatic hydroxyl groups is 1. The van der Waals surface area contributed by atoms with Gasteiger partial charge < -0.3 is 10.8 Å². The van der Waals surface area contributed by atoms with Crippen LogP contribution in [0, 0.1) is 12.7 Å². The molecule has 1 rings (SSSR count). The fourth-order valence-electron chi connectivity index (χ4n) is 1.10. The zero-order valence-electron chi connectivity index (χ0n) is 7.72. The summed E-state index contributed by atoms with van der Waals surface area (Å²) in [5, 5.41) is 9.34. The lowest BCUT2D eigenvalue weighted by molar-refractivity contribution is 0.431. The maximum absolute atomic E-state index is 13.3. The van der Waals surface area contributed by atoms with E-state index in [1.165, 1.54) is 6.08 Å². The number of hydrogen-bond acceptors (Lipinski definition) is 2. The molecule has 0 bridgehead atoms. The summed E-state index contributed by atoms with van der Waals surface area (Å²) < 4.78 is 13.3. The normalized spacial score (nSPS) is 11.1. The highest BCUT2D eigenvalue weighted by atomic mass is 35.5. The lowest BCUT2D eigenvalue weighted by Gasteiger charge is -2.05. The number of nitrogens with two attached hydrogens (primary N) is 1. The van der Waals surface area contributed by atoms with Gasteiger partial charge in [-0.1, -0.05) is 23.8 Å². The first kappa shape index (κ1) is 11.0. The van der Waals surface area contributed by atoms with Crippen molar-refractivity contribution in [2.75, 3.05) is 6.54 Å². The van der Waals surface area contributed by atoms with Crippen LogP contribution in [0.1, 0.15) is 11.1 Å². The van der Waals surface area contributed by atoms with Gasteiger partial charge in [-0.15, -0.1) is 0 Å². The highest BCUT2D eigenvalue weighted by molar-refractivity contribution is 6.32. The van der Waals surface area contributed by atoms with Gasteiger partial charge in [0.15, 0.2) is 11.6 Å². The molecule has 0 spiro atoms. The van der Waals surface area contributed by atoms with Crippen molar-refractivity contribution in [1.82, 2.24) is 0 Å². The number of aryl methyl sites for hydroxylation is 1. The lowest BCUT2D eigenvalue weighted by atomic mass is 10.1. The van der Waals surface area contributed by atoms with Gasteiger partial charge in [-0.2, -0.15) is 0 Å². The third-order valence-electron chi connectivity index (χ3n) is 1.82. The molecule has 0 saturated carbocycles. The minimum Gasteiger partial charge on any atom is -0.504 e. The Bertz CT molecular complexity index is 377. The highest BCUT2D eigenvalue weighted by Crippen LogP contribution is 2.32. The third kappa shape index (κ3) is 2.05. The smallest absolute Gasteiger partial charge is 0.173 e. The van der Waals surface area contributed by atoms with Crippen LogP contribution in [-0.4, -0.2) is 11.7 Å². The van der Waals surface area contributed by atoms with Gasteiger partial charge in [0.25, 0.3) is 0 Å². The Labute approximate surface area is 86.8 Å².